The van der Waals surface area contributed by atoms with E-state index in [0.717, 1.165) is 51.4 Å². The number of carbonyl (C=O) groups excluding carboxylic acids is 4. The minimum Gasteiger partial charge on any atom is -0.0654 e. The molecule has 0 N–H and O–H groups in total. The third-order valence-electron chi connectivity index (χ3n) is 16.6. The van der Waals surface area contributed by atoms with Crippen LogP contribution in [0.5, 0.6) is 0 Å². The van der Waals surface area contributed by atoms with E-state index in [1.165, 1.54) is 334 Å². The van der Waals surface area contributed by atoms with Crippen LogP contribution in [0.1, 0.15) is 439 Å². The Morgan fingerprint density at radius 2 is 0.268 bits per heavy atom. The van der Waals surface area contributed by atoms with Gasteiger partial charge in [-0.1, -0.05) is 182 Å². The normalized spacial score (nSPS) is 11.2. The molecule has 0 amide bonds. The van der Waals surface area contributed by atoms with Crippen LogP contribution in [-0.4, -0.2) is 74.2 Å². The SMILES string of the molecule is CCCCCCCCCCCCCCCCCC(=O)[O][Pb][O]C(=O)CCCCCCCCCCCCCCCCC.CCCCCCCCCCCCCCCCCC(=O)[O][Pb][O]C(=O)CCCCCCCCCCCCCCCCC. The zero-order valence-electron chi connectivity index (χ0n) is 55.5. The van der Waals surface area contributed by atoms with Gasteiger partial charge in [0.25, 0.3) is 0 Å². The van der Waals surface area contributed by atoms with Crippen molar-refractivity contribution < 1.29 is 29.9 Å². The van der Waals surface area contributed by atoms with Crippen LogP contribution in [0.15, 0.2) is 0 Å². The number of hydrogen-bond donors (Lipinski definition) is 0. The molecule has 8 nitrogen and oxygen atoms in total. The van der Waals surface area contributed by atoms with E-state index in [4.69, 9.17) is 10.7 Å². The molecule has 0 heterocycles. The van der Waals surface area contributed by atoms with E-state index in [1.807, 2.05) is 0 Å². The van der Waals surface area contributed by atoms with Crippen molar-refractivity contribution in [2.75, 3.05) is 0 Å². The maximum absolute atomic E-state index is 11.9. The third kappa shape index (κ3) is 77.7. The Balaban J connectivity index is 0. The van der Waals surface area contributed by atoms with Crippen molar-refractivity contribution in [2.24, 2.45) is 0 Å². The second-order valence-electron chi connectivity index (χ2n) is 24.9. The summed E-state index contributed by atoms with van der Waals surface area (Å²) in [6, 6.07) is 0. The molecule has 4 radical (unpaired) electrons. The Kier molecular flexibility index (Phi) is 78.5. The van der Waals surface area contributed by atoms with Gasteiger partial charge in [0.15, 0.2) is 0 Å². The number of unbranched alkanes of at least 4 members (excludes halogenated alkanes) is 56. The van der Waals surface area contributed by atoms with Crippen molar-refractivity contribution in [1.82, 2.24) is 0 Å². The van der Waals surface area contributed by atoms with Gasteiger partial charge in [0, 0.05) is 0 Å². The summed E-state index contributed by atoms with van der Waals surface area (Å²) in [7, 11) is 0. The number of hydrogen-bond acceptors (Lipinski definition) is 8. The summed E-state index contributed by atoms with van der Waals surface area (Å²) in [5.74, 6) is -0.656. The van der Waals surface area contributed by atoms with Crippen LogP contribution >= 0.6 is 0 Å². The minimum atomic E-state index is -2.03. The molecular weight excluding hydrogens is 1410 g/mol. The average molecular weight is 1550 g/mol. The first kappa shape index (κ1) is 83.8. The molecule has 0 saturated heterocycles. The molecule has 0 unspecified atom stereocenters. The summed E-state index contributed by atoms with van der Waals surface area (Å²) >= 11 is -4.06. The van der Waals surface area contributed by atoms with Gasteiger partial charge in [-0.05, 0) is 0 Å². The molecule has 0 aromatic heterocycles. The Hall–Kier alpha value is -0.276. The fraction of sp³-hybridized carbons (Fsp3) is 0.944. The van der Waals surface area contributed by atoms with Gasteiger partial charge in [-0.25, -0.2) is 0 Å². The monoisotopic (exact) mass is 1550 g/mol. The molecule has 0 rings (SSSR count). The van der Waals surface area contributed by atoms with Crippen LogP contribution < -0.4 is 0 Å². The minimum absolute atomic E-state index is 0.164. The Morgan fingerprint density at radius 1 is 0.171 bits per heavy atom. The van der Waals surface area contributed by atoms with Crippen molar-refractivity contribution in [1.29, 1.82) is 0 Å². The van der Waals surface area contributed by atoms with E-state index in [2.05, 4.69) is 27.7 Å². The van der Waals surface area contributed by atoms with Crippen LogP contribution in [-0.2, 0) is 29.9 Å². The predicted molar refractivity (Wildman–Crippen MR) is 354 cm³/mol. The molecule has 82 heavy (non-hydrogen) atoms. The van der Waals surface area contributed by atoms with Gasteiger partial charge in [-0.15, -0.1) is 0 Å². The van der Waals surface area contributed by atoms with Gasteiger partial charge in [-0.3, -0.25) is 0 Å². The first-order valence-corrected chi connectivity index (χ1v) is 43.0. The summed E-state index contributed by atoms with van der Waals surface area (Å²) in [5, 5.41) is 0. The number of carbonyl (C=O) groups is 4. The zero-order chi connectivity index (χ0) is 59.8. The molecule has 0 saturated carbocycles. The van der Waals surface area contributed by atoms with Gasteiger partial charge in [-0.2, -0.15) is 0 Å². The predicted octanol–water partition coefficient (Wildman–Crippen LogP) is 24.3. The molecular formula is C72H140O8Pb2. The molecule has 0 spiro atoms. The topological polar surface area (TPSA) is 105 Å². The molecule has 10 heteroatoms. The summed E-state index contributed by atoms with van der Waals surface area (Å²) in [5.41, 5.74) is 0. The molecule has 0 atom stereocenters. The van der Waals surface area contributed by atoms with E-state index in [0.29, 0.717) is 25.7 Å². The van der Waals surface area contributed by atoms with Crippen molar-refractivity contribution in [3.63, 3.8) is 0 Å². The fourth-order valence-electron chi connectivity index (χ4n) is 11.0. The second-order valence-corrected chi connectivity index (χ2v) is 29.3. The molecule has 484 valence electrons. The molecule has 0 fully saturated rings. The molecule has 0 aliphatic heterocycles. The van der Waals surface area contributed by atoms with Crippen LogP contribution in [0.4, 0.5) is 0 Å². The Bertz CT molecular complexity index is 1080. The van der Waals surface area contributed by atoms with Gasteiger partial charge in [0.2, 0.25) is 0 Å². The van der Waals surface area contributed by atoms with Crippen molar-refractivity contribution >= 4 is 74.2 Å². The van der Waals surface area contributed by atoms with Crippen molar-refractivity contribution in [2.45, 2.75) is 439 Å². The van der Waals surface area contributed by atoms with Crippen molar-refractivity contribution in [3.05, 3.63) is 0 Å². The zero-order valence-corrected chi connectivity index (χ0v) is 63.3. The van der Waals surface area contributed by atoms with Gasteiger partial charge >= 0.3 is 361 Å². The van der Waals surface area contributed by atoms with E-state index in [1.54, 1.807) is 0 Å². The average Bonchev–Trinajstić information content (AvgIpc) is 3.47. The fourth-order valence-corrected chi connectivity index (χ4v) is 14.4. The maximum atomic E-state index is 11.9. The van der Waals surface area contributed by atoms with E-state index in [9.17, 15) is 19.2 Å². The smallest absolute Gasteiger partial charge is 0.0654 e. The molecule has 0 aromatic rings. The molecule has 0 aliphatic rings. The molecule has 0 aromatic carbocycles. The van der Waals surface area contributed by atoms with Crippen molar-refractivity contribution in [3.8, 4) is 0 Å². The Labute approximate surface area is 538 Å². The van der Waals surface area contributed by atoms with Crippen LogP contribution in [0.3, 0.4) is 0 Å². The number of rotatable bonds is 68. The van der Waals surface area contributed by atoms with E-state index < -0.39 is 50.3 Å². The van der Waals surface area contributed by atoms with Gasteiger partial charge < -0.3 is 0 Å². The third-order valence-corrected chi connectivity index (χ3v) is 21.4. The first-order valence-electron chi connectivity index (χ1n) is 36.7. The van der Waals surface area contributed by atoms with Crippen LogP contribution in [0.25, 0.3) is 0 Å². The van der Waals surface area contributed by atoms with E-state index in [-0.39, 0.29) is 23.9 Å². The van der Waals surface area contributed by atoms with Crippen LogP contribution in [0.2, 0.25) is 0 Å². The summed E-state index contributed by atoms with van der Waals surface area (Å²) in [4.78, 5) is 47.6. The van der Waals surface area contributed by atoms with E-state index >= 15 is 0 Å². The summed E-state index contributed by atoms with van der Waals surface area (Å²) < 4.78 is 21.1. The van der Waals surface area contributed by atoms with Crippen LogP contribution in [0, 0.1) is 0 Å². The van der Waals surface area contributed by atoms with Gasteiger partial charge in [0.1, 0.15) is 0 Å². The molecule has 0 aliphatic carbocycles. The second kappa shape index (κ2) is 76.8. The summed E-state index contributed by atoms with van der Waals surface area (Å²) in [6.45, 7) is 9.11. The summed E-state index contributed by atoms with van der Waals surface area (Å²) in [6.07, 6.45) is 81.0. The standard InChI is InChI=1S/4C18H36O2.2Pb/c4*1-2-3-4-5-6-7-8-9-10-11-12-13-14-15-16-17-18(19)20;;/h4*2-17H2,1H3,(H,19,20);;/q;;;;2*+2/p-4. The first-order chi connectivity index (χ1) is 40.4. The quantitative estimate of drug-likeness (QED) is 0.0438. The van der Waals surface area contributed by atoms with Gasteiger partial charge in [0.05, 0.1) is 0 Å². The Morgan fingerprint density at radius 3 is 0.378 bits per heavy atom. The molecule has 0 bridgehead atoms.